The number of carbonyl (C=O) groups is 8. The molecule has 0 spiro atoms. The Hall–Kier alpha value is -10.2. The summed E-state index contributed by atoms with van der Waals surface area (Å²) < 4.78 is 11.0. The predicted molar refractivity (Wildman–Crippen MR) is 608 cm³/mol. The van der Waals surface area contributed by atoms with E-state index in [1.165, 1.54) is 26.4 Å². The van der Waals surface area contributed by atoms with Gasteiger partial charge in [-0.3, -0.25) is 24.0 Å². The molecule has 0 aliphatic rings. The van der Waals surface area contributed by atoms with Gasteiger partial charge in [-0.15, -0.1) is 6.58 Å². The number of hydroxylamine groups is 2. The second-order valence-electron chi connectivity index (χ2n) is 27.9. The van der Waals surface area contributed by atoms with Gasteiger partial charge in [-0.05, 0) is 234 Å². The van der Waals surface area contributed by atoms with Crippen LogP contribution in [-0.2, 0) is 14.3 Å². The summed E-state index contributed by atoms with van der Waals surface area (Å²) in [7, 11) is 5.72. The minimum absolute atomic E-state index is 0. The molecule has 0 aromatic heterocycles. The number of ether oxygens (including phenoxy) is 2. The fraction of sp³-hybridized carbons (Fsp3) is 0.161. The number of carboxylic acid groups (broad SMARTS) is 2. The highest BCUT2D eigenvalue weighted by atomic mass is 79.9. The number of rotatable bonds is 22. The number of Topliss-reactive ketones (excluding diaryl/α,β-unsaturated/α-hetero) is 2. The standard InChI is InChI=1S/C17H16Cl2O2.C17H14Cl2O.C15H13Cl2NO2.C14H10Cl2O2.C13H7Cl3O.C13H8Cl2O2.C8H7BrO2.C7H5BrO2.8CH4/c18-14-8-9-15(16(19)11-14)12-4-6-13(7-5-12)17(21)3-1-2-10-20;1-2-3-4-17(20)13-7-5-12(6-8-13)15-10-9-14(18)11-16(15)19;1-18(20-2)15(19)11-5-3-10(4-6-11)13-8-7-12(16)9-14(13)17;1-18-14(17)10-4-2-9(3-5-10)12-7-6-11(15)8-13(12)16;2*14-10-5-6-11(12(15)7-10)8-1-3-9(4-2-8)13(16)17;1-11-8(10)6-2-4-7(9)5-3-6;8-6-3-1-5(2-4-6)7(9)10;;;;;;;;/h4-9,11,20H,1-3,10H2;2,5-11H,1,3-4H2;3-9H,1-2H3;2-8H,1H3;1-7H;1-7H,(H,16,17);2-5H,1H3;1-4H,(H,9,10);8*1H4. The van der Waals surface area contributed by atoms with Crippen molar-refractivity contribution >= 4 is 229 Å². The van der Waals surface area contributed by atoms with Gasteiger partial charge in [-0.25, -0.2) is 24.2 Å². The lowest BCUT2D eigenvalue weighted by atomic mass is 10.0. The summed E-state index contributed by atoms with van der Waals surface area (Å²) in [6, 6.07) is 87.8. The second kappa shape index (κ2) is 69.0. The summed E-state index contributed by atoms with van der Waals surface area (Å²) in [6.07, 6.45) is 4.76. The van der Waals surface area contributed by atoms with Crippen molar-refractivity contribution in [2.45, 2.75) is 91.5 Å². The predicted octanol–water partition coefficient (Wildman–Crippen LogP) is 38.4. The van der Waals surface area contributed by atoms with Gasteiger partial charge in [0.25, 0.3) is 11.1 Å². The molecule has 14 aromatic rings. The average Bonchev–Trinajstić information content (AvgIpc) is 0.755. The Morgan fingerprint density at radius 1 is 0.310 bits per heavy atom. The number of ketones is 2. The van der Waals surface area contributed by atoms with Crippen LogP contribution in [0.2, 0.25) is 60.3 Å². The zero-order valence-corrected chi connectivity index (χ0v) is 84.3. The third kappa shape index (κ3) is 43.4. The van der Waals surface area contributed by atoms with Gasteiger partial charge in [0.1, 0.15) is 0 Å². The molecule has 1 amide bonds. The van der Waals surface area contributed by atoms with Crippen LogP contribution in [0.3, 0.4) is 0 Å². The van der Waals surface area contributed by atoms with E-state index in [1.807, 2.05) is 103 Å². The molecule has 3 N–H and O–H groups in total. The van der Waals surface area contributed by atoms with Gasteiger partial charge in [0.05, 0.1) is 43.6 Å². The third-order valence-corrected chi connectivity index (χ3v) is 23.4. The normalized spacial score (nSPS) is 9.61. The minimum Gasteiger partial charge on any atom is -0.478 e. The number of amides is 1. The van der Waals surface area contributed by atoms with E-state index >= 15 is 0 Å². The number of nitrogens with zero attached hydrogens (tertiary/aromatic N) is 1. The first-order chi connectivity index (χ1) is 63.9. The Labute approximate surface area is 916 Å². The molecule has 0 aliphatic heterocycles. The van der Waals surface area contributed by atoms with Gasteiger partial charge >= 0.3 is 23.9 Å². The highest BCUT2D eigenvalue weighted by Crippen LogP contribution is 2.38. The van der Waals surface area contributed by atoms with Crippen molar-refractivity contribution in [3.05, 3.63) is 430 Å². The van der Waals surface area contributed by atoms with Crippen molar-refractivity contribution in [3.8, 4) is 66.8 Å². The molecule has 14 rings (SSSR count). The number of hydrogen-bond acceptors (Lipinski definition) is 12. The largest absolute Gasteiger partial charge is 0.478 e. The lowest BCUT2D eigenvalue weighted by Gasteiger charge is -2.13. The highest BCUT2D eigenvalue weighted by Gasteiger charge is 2.17. The van der Waals surface area contributed by atoms with Gasteiger partial charge in [-0.2, -0.15) is 0 Å². The second-order valence-corrected chi connectivity index (χ2v) is 35.2. The van der Waals surface area contributed by atoms with Crippen LogP contribution in [-0.4, -0.2) is 102 Å². The van der Waals surface area contributed by atoms with E-state index in [4.69, 9.17) is 171 Å². The Kier molecular flexibility index (Phi) is 65.0. The fourth-order valence-electron chi connectivity index (χ4n) is 11.8. The number of aliphatic hydroxyl groups excluding tert-OH is 1. The molecular formula is C112H112Br2Cl13NO14. The van der Waals surface area contributed by atoms with Crippen LogP contribution >= 0.6 is 183 Å². The van der Waals surface area contributed by atoms with Gasteiger partial charge in [-0.1, -0.05) is 370 Å². The first kappa shape index (κ1) is 134. The van der Waals surface area contributed by atoms with E-state index < -0.39 is 17.2 Å². The number of aromatic carboxylic acids is 2. The maximum absolute atomic E-state index is 12.0. The van der Waals surface area contributed by atoms with E-state index in [1.54, 1.807) is 213 Å². The number of carboxylic acids is 2. The van der Waals surface area contributed by atoms with Crippen LogP contribution in [0.5, 0.6) is 0 Å². The summed E-state index contributed by atoms with van der Waals surface area (Å²) in [5.41, 5.74) is 14.8. The Morgan fingerprint density at radius 2 is 0.528 bits per heavy atom. The van der Waals surface area contributed by atoms with E-state index in [0.717, 1.165) is 75.7 Å². The van der Waals surface area contributed by atoms with Crippen LogP contribution in [0.25, 0.3) is 66.8 Å². The Balaban J connectivity index is 0. The van der Waals surface area contributed by atoms with Gasteiger partial charge in [0.15, 0.2) is 11.6 Å². The topological polar surface area (TPSA) is 228 Å². The van der Waals surface area contributed by atoms with Crippen LogP contribution in [0, 0.1) is 0 Å². The molecule has 0 bridgehead atoms. The summed E-state index contributed by atoms with van der Waals surface area (Å²) in [6.45, 7) is 3.75. The molecule has 0 aliphatic carbocycles. The molecule has 14 aromatic carbocycles. The van der Waals surface area contributed by atoms with Crippen molar-refractivity contribution in [3.63, 3.8) is 0 Å². The number of aliphatic hydroxyl groups is 1. The van der Waals surface area contributed by atoms with Crippen molar-refractivity contribution in [2.24, 2.45) is 0 Å². The van der Waals surface area contributed by atoms with Crippen molar-refractivity contribution < 1.29 is 68.0 Å². The molecule has 0 radical (unpaired) electrons. The number of methoxy groups -OCH3 is 2. The van der Waals surface area contributed by atoms with Crippen molar-refractivity contribution in [1.82, 2.24) is 5.06 Å². The molecule has 0 heterocycles. The monoisotopic (exact) mass is 2310 g/mol. The molecule has 15 nitrogen and oxygen atoms in total. The van der Waals surface area contributed by atoms with E-state index in [0.29, 0.717) is 131 Å². The van der Waals surface area contributed by atoms with Crippen LogP contribution in [0.1, 0.15) is 174 Å². The quantitative estimate of drug-likeness (QED) is 0.0143. The minimum atomic E-state index is -0.946. The van der Waals surface area contributed by atoms with Crippen molar-refractivity contribution in [2.75, 3.05) is 35.0 Å². The van der Waals surface area contributed by atoms with Gasteiger partial charge < -0.3 is 24.8 Å². The van der Waals surface area contributed by atoms with Gasteiger partial charge in [0.2, 0.25) is 0 Å². The average molecular weight is 2320 g/mol. The van der Waals surface area contributed by atoms with E-state index in [-0.39, 0.29) is 101 Å². The molecule has 0 fully saturated rings. The number of hydrogen-bond donors (Lipinski definition) is 3. The molecule has 0 atom stereocenters. The zero-order valence-electron chi connectivity index (χ0n) is 71.3. The number of unbranched alkanes of at least 4 members (excludes halogenated alkanes) is 1. The molecule has 0 unspecified atom stereocenters. The SMILES string of the molecule is C.C.C.C.C.C.C.C.C=CCCC(=O)c1ccc(-c2ccc(Cl)cc2Cl)cc1.COC(=O)c1ccc(-c2ccc(Cl)cc2Cl)cc1.COC(=O)c1ccc(Br)cc1.CON(C)C(=O)c1ccc(-c2ccc(Cl)cc2Cl)cc1.O=C(CCCCO)c1ccc(-c2ccc(Cl)cc2Cl)cc1.O=C(Cl)c1ccc(-c2ccc(Cl)cc2Cl)cc1.O=C(O)c1ccc(-c2ccc(Cl)cc2Cl)cc1.O=C(O)c1ccc(Br)cc1. The summed E-state index contributed by atoms with van der Waals surface area (Å²) in [4.78, 5) is 94.7. The molecule has 0 saturated heterocycles. The molecule has 0 saturated carbocycles. The maximum Gasteiger partial charge on any atom is 0.337 e. The van der Waals surface area contributed by atoms with Crippen LogP contribution in [0.15, 0.2) is 325 Å². The lowest BCUT2D eigenvalue weighted by molar-refractivity contribution is -0.0757. The molecule has 142 heavy (non-hydrogen) atoms. The van der Waals surface area contributed by atoms with E-state index in [2.05, 4.69) is 47.9 Å². The third-order valence-electron chi connectivity index (χ3n) is 18.9. The van der Waals surface area contributed by atoms with Crippen molar-refractivity contribution in [1.29, 1.82) is 0 Å². The number of halogens is 15. The van der Waals surface area contributed by atoms with E-state index in [9.17, 15) is 38.4 Å². The first-order valence-electron chi connectivity index (χ1n) is 39.7. The highest BCUT2D eigenvalue weighted by molar-refractivity contribution is 9.10. The number of allylic oxidation sites excluding steroid dienone is 1. The lowest BCUT2D eigenvalue weighted by Crippen LogP contribution is -2.25. The summed E-state index contributed by atoms with van der Waals surface area (Å²) in [5, 5.41) is 33.7. The molecular weight excluding hydrogens is 2200 g/mol. The smallest absolute Gasteiger partial charge is 0.337 e. The number of esters is 2. The van der Waals surface area contributed by atoms with Crippen LogP contribution in [0.4, 0.5) is 0 Å². The number of carbonyl (C=O) groups excluding carboxylic acids is 6. The molecule has 754 valence electrons. The van der Waals surface area contributed by atoms with Crippen LogP contribution < -0.4 is 0 Å². The first-order valence-corrected chi connectivity index (χ1v) is 46.2. The summed E-state index contributed by atoms with van der Waals surface area (Å²) in [5.74, 6) is -2.50. The summed E-state index contributed by atoms with van der Waals surface area (Å²) >= 11 is 83.7. The Bertz CT molecular complexity index is 6260. The zero-order chi connectivity index (χ0) is 98.3. The number of benzene rings is 14. The maximum atomic E-state index is 12.0. The fourth-order valence-corrected chi connectivity index (χ4v) is 15.5. The Morgan fingerprint density at radius 3 is 0.746 bits per heavy atom. The van der Waals surface area contributed by atoms with Gasteiger partial charge in [0, 0.05) is 151 Å². The molecule has 30 heteroatoms.